The molecule has 5 nitrogen and oxygen atoms in total. The van der Waals surface area contributed by atoms with E-state index in [0.29, 0.717) is 5.75 Å². The Hall–Kier alpha value is -2.04. The van der Waals surface area contributed by atoms with E-state index in [-0.39, 0.29) is 0 Å². The SMILES string of the molecule is Cc1ccccc1OC(C)C(=O)NCC(=O)O. The molecule has 1 unspecified atom stereocenters. The predicted molar refractivity (Wildman–Crippen MR) is 61.9 cm³/mol. The number of amides is 1. The van der Waals surface area contributed by atoms with Gasteiger partial charge in [0.25, 0.3) is 5.91 Å². The van der Waals surface area contributed by atoms with Crippen LogP contribution in [-0.4, -0.2) is 29.6 Å². The molecule has 92 valence electrons. The molecule has 0 bridgehead atoms. The van der Waals surface area contributed by atoms with E-state index in [4.69, 9.17) is 9.84 Å². The minimum atomic E-state index is -1.08. The van der Waals surface area contributed by atoms with E-state index >= 15 is 0 Å². The molecule has 0 heterocycles. The average Bonchev–Trinajstić information content (AvgIpc) is 2.28. The van der Waals surface area contributed by atoms with Crippen molar-refractivity contribution in [3.05, 3.63) is 29.8 Å². The first kappa shape index (κ1) is 13.0. The standard InChI is InChI=1S/C12H15NO4/c1-8-5-3-4-6-10(8)17-9(2)12(16)13-7-11(14)15/h3-6,9H,7H2,1-2H3,(H,13,16)(H,14,15). The lowest BCUT2D eigenvalue weighted by molar-refractivity contribution is -0.139. The van der Waals surface area contributed by atoms with Crippen LogP contribution < -0.4 is 10.1 Å². The molecule has 2 N–H and O–H groups in total. The third-order valence-corrected chi connectivity index (χ3v) is 2.18. The molecule has 0 saturated heterocycles. The number of ether oxygens (including phenoxy) is 1. The Morgan fingerprint density at radius 1 is 1.41 bits per heavy atom. The van der Waals surface area contributed by atoms with Crippen LogP contribution in [0.15, 0.2) is 24.3 Å². The van der Waals surface area contributed by atoms with E-state index in [0.717, 1.165) is 5.56 Å². The summed E-state index contributed by atoms with van der Waals surface area (Å²) in [7, 11) is 0. The second-order valence-electron chi connectivity index (χ2n) is 3.64. The lowest BCUT2D eigenvalue weighted by atomic mass is 10.2. The highest BCUT2D eigenvalue weighted by molar-refractivity contribution is 5.84. The Balaban J connectivity index is 2.54. The van der Waals surface area contributed by atoms with Gasteiger partial charge in [0.15, 0.2) is 6.10 Å². The molecule has 17 heavy (non-hydrogen) atoms. The van der Waals surface area contributed by atoms with Crippen LogP contribution in [0.2, 0.25) is 0 Å². The van der Waals surface area contributed by atoms with E-state index in [9.17, 15) is 9.59 Å². The summed E-state index contributed by atoms with van der Waals surface area (Å²) in [5.74, 6) is -0.914. The van der Waals surface area contributed by atoms with Crippen LogP contribution in [0.3, 0.4) is 0 Å². The van der Waals surface area contributed by atoms with Gasteiger partial charge in [0, 0.05) is 0 Å². The molecule has 0 aliphatic heterocycles. The van der Waals surface area contributed by atoms with E-state index in [1.807, 2.05) is 25.1 Å². The number of aliphatic carboxylic acids is 1. The highest BCUT2D eigenvalue weighted by Gasteiger charge is 2.15. The van der Waals surface area contributed by atoms with Crippen molar-refractivity contribution in [2.75, 3.05) is 6.54 Å². The molecule has 0 saturated carbocycles. The molecule has 1 atom stereocenters. The minimum absolute atomic E-state index is 0.402. The second kappa shape index (κ2) is 5.89. The maximum absolute atomic E-state index is 11.5. The number of rotatable bonds is 5. The lowest BCUT2D eigenvalue weighted by Crippen LogP contribution is -2.39. The average molecular weight is 237 g/mol. The van der Waals surface area contributed by atoms with Gasteiger partial charge in [0.1, 0.15) is 12.3 Å². The number of carboxylic acid groups (broad SMARTS) is 1. The molecule has 1 aromatic rings. The number of carbonyl (C=O) groups is 2. The molecule has 1 amide bonds. The Labute approximate surface area is 99.4 Å². The van der Waals surface area contributed by atoms with Crippen molar-refractivity contribution in [1.29, 1.82) is 0 Å². The normalized spacial score (nSPS) is 11.6. The third kappa shape index (κ3) is 4.14. The van der Waals surface area contributed by atoms with Crippen LogP contribution in [0.4, 0.5) is 0 Å². The first-order chi connectivity index (χ1) is 8.00. The number of hydrogen-bond donors (Lipinski definition) is 2. The second-order valence-corrected chi connectivity index (χ2v) is 3.64. The summed E-state index contributed by atoms with van der Waals surface area (Å²) in [6.07, 6.45) is -0.726. The highest BCUT2D eigenvalue weighted by Crippen LogP contribution is 2.17. The summed E-state index contributed by atoms with van der Waals surface area (Å²) >= 11 is 0. The molecule has 0 aliphatic rings. The van der Waals surface area contributed by atoms with Crippen LogP contribution in [0, 0.1) is 6.92 Å². The highest BCUT2D eigenvalue weighted by atomic mass is 16.5. The molecular weight excluding hydrogens is 222 g/mol. The molecule has 0 spiro atoms. The van der Waals surface area contributed by atoms with Gasteiger partial charge in [-0.05, 0) is 25.5 Å². The number of carboxylic acids is 1. The maximum Gasteiger partial charge on any atom is 0.322 e. The van der Waals surface area contributed by atoms with Crippen LogP contribution >= 0.6 is 0 Å². The quantitative estimate of drug-likeness (QED) is 0.799. The maximum atomic E-state index is 11.5. The molecular formula is C12H15NO4. The van der Waals surface area contributed by atoms with E-state index < -0.39 is 24.5 Å². The molecule has 5 heteroatoms. The third-order valence-electron chi connectivity index (χ3n) is 2.18. The Bertz CT molecular complexity index is 417. The lowest BCUT2D eigenvalue weighted by Gasteiger charge is -2.15. The fourth-order valence-electron chi connectivity index (χ4n) is 1.24. The molecule has 1 aromatic carbocycles. The van der Waals surface area contributed by atoms with E-state index in [2.05, 4.69) is 5.32 Å². The van der Waals surface area contributed by atoms with Gasteiger partial charge in [-0.2, -0.15) is 0 Å². The summed E-state index contributed by atoms with van der Waals surface area (Å²) in [6, 6.07) is 7.31. The molecule has 0 aliphatic carbocycles. The van der Waals surface area contributed by atoms with Gasteiger partial charge < -0.3 is 15.2 Å². The van der Waals surface area contributed by atoms with Gasteiger partial charge >= 0.3 is 5.97 Å². The smallest absolute Gasteiger partial charge is 0.322 e. The molecule has 1 rings (SSSR count). The summed E-state index contributed by atoms with van der Waals surface area (Å²) < 4.78 is 5.43. The zero-order valence-electron chi connectivity index (χ0n) is 9.77. The number of nitrogens with one attached hydrogen (secondary N) is 1. The first-order valence-electron chi connectivity index (χ1n) is 5.22. The minimum Gasteiger partial charge on any atom is -0.481 e. The van der Waals surface area contributed by atoms with Crippen molar-refractivity contribution in [3.63, 3.8) is 0 Å². The summed E-state index contributed by atoms with van der Waals surface area (Å²) in [6.45, 7) is 3.04. The summed E-state index contributed by atoms with van der Waals surface area (Å²) in [5, 5.41) is 10.7. The van der Waals surface area contributed by atoms with Gasteiger partial charge in [0.2, 0.25) is 0 Å². The van der Waals surface area contributed by atoms with Gasteiger partial charge in [-0.1, -0.05) is 18.2 Å². The largest absolute Gasteiger partial charge is 0.481 e. The zero-order valence-corrected chi connectivity index (χ0v) is 9.77. The molecule has 0 aromatic heterocycles. The van der Waals surface area contributed by atoms with Crippen LogP contribution in [0.25, 0.3) is 0 Å². The fraction of sp³-hybridized carbons (Fsp3) is 0.333. The number of para-hydroxylation sites is 1. The molecule has 0 radical (unpaired) electrons. The first-order valence-corrected chi connectivity index (χ1v) is 5.22. The van der Waals surface area contributed by atoms with Crippen molar-refractivity contribution in [2.24, 2.45) is 0 Å². The number of carbonyl (C=O) groups excluding carboxylic acids is 1. The van der Waals surface area contributed by atoms with Crippen molar-refractivity contribution in [1.82, 2.24) is 5.32 Å². The number of benzene rings is 1. The van der Waals surface area contributed by atoms with E-state index in [1.54, 1.807) is 13.0 Å². The van der Waals surface area contributed by atoms with E-state index in [1.165, 1.54) is 0 Å². The number of aryl methyl sites for hydroxylation is 1. The Kier molecular flexibility index (Phi) is 4.51. The monoisotopic (exact) mass is 237 g/mol. The van der Waals surface area contributed by atoms with Gasteiger partial charge in [-0.3, -0.25) is 9.59 Å². The Morgan fingerprint density at radius 2 is 2.06 bits per heavy atom. The van der Waals surface area contributed by atoms with Crippen molar-refractivity contribution >= 4 is 11.9 Å². The fourth-order valence-corrected chi connectivity index (χ4v) is 1.24. The van der Waals surface area contributed by atoms with Crippen molar-refractivity contribution < 1.29 is 19.4 Å². The summed E-state index contributed by atoms with van der Waals surface area (Å²) in [5.41, 5.74) is 0.922. The van der Waals surface area contributed by atoms with Gasteiger partial charge in [-0.15, -0.1) is 0 Å². The van der Waals surface area contributed by atoms with Crippen LogP contribution in [-0.2, 0) is 9.59 Å². The predicted octanol–water partition coefficient (Wildman–Crippen LogP) is 0.963. The number of hydrogen-bond acceptors (Lipinski definition) is 3. The molecule has 0 fully saturated rings. The van der Waals surface area contributed by atoms with Crippen LogP contribution in [0.5, 0.6) is 5.75 Å². The van der Waals surface area contributed by atoms with Crippen molar-refractivity contribution in [2.45, 2.75) is 20.0 Å². The topological polar surface area (TPSA) is 75.6 Å². The van der Waals surface area contributed by atoms with Gasteiger partial charge in [-0.25, -0.2) is 0 Å². The zero-order chi connectivity index (χ0) is 12.8. The van der Waals surface area contributed by atoms with Crippen LogP contribution in [0.1, 0.15) is 12.5 Å². The summed E-state index contributed by atoms with van der Waals surface area (Å²) in [4.78, 5) is 21.7. The van der Waals surface area contributed by atoms with Gasteiger partial charge in [0.05, 0.1) is 0 Å². The Morgan fingerprint density at radius 3 is 2.65 bits per heavy atom. The van der Waals surface area contributed by atoms with Crippen molar-refractivity contribution in [3.8, 4) is 5.75 Å².